The number of nitrogens with one attached hydrogen (secondary N) is 1. The third-order valence-electron chi connectivity index (χ3n) is 3.96. The van der Waals surface area contributed by atoms with E-state index in [1.165, 1.54) is 10.9 Å². The van der Waals surface area contributed by atoms with Gasteiger partial charge in [-0.1, -0.05) is 0 Å². The SMILES string of the molecule is COCCOCCOCC(=O)OCC(COC(=O)CO)OCn1cnc2c(=O)[nH]c(N)nc21. The average molecular weight is 473 g/mol. The Kier molecular flexibility index (Phi) is 11.2. The van der Waals surface area contributed by atoms with Gasteiger partial charge in [-0.2, -0.15) is 4.98 Å². The highest BCUT2D eigenvalue weighted by atomic mass is 16.6. The Hall–Kier alpha value is -3.11. The maximum Gasteiger partial charge on any atom is 0.332 e. The fourth-order valence-corrected chi connectivity index (χ4v) is 2.37. The summed E-state index contributed by atoms with van der Waals surface area (Å²) in [6.45, 7) is -0.509. The summed E-state index contributed by atoms with van der Waals surface area (Å²) in [5, 5.41) is 8.81. The number of fused-ring (bicyclic) bond motifs is 1. The second-order valence-corrected chi connectivity index (χ2v) is 6.44. The Balaban J connectivity index is 1.84. The van der Waals surface area contributed by atoms with Crippen molar-refractivity contribution in [2.75, 3.05) is 65.7 Å². The molecule has 0 saturated carbocycles. The Morgan fingerprint density at radius 1 is 1.15 bits per heavy atom. The zero-order chi connectivity index (χ0) is 24.1. The lowest BCUT2D eigenvalue weighted by molar-refractivity contribution is -0.162. The number of nitrogens with zero attached hydrogens (tertiary/aromatic N) is 3. The van der Waals surface area contributed by atoms with Crippen molar-refractivity contribution in [3.63, 3.8) is 0 Å². The minimum absolute atomic E-state index is 0.0610. The van der Waals surface area contributed by atoms with Gasteiger partial charge in [-0.05, 0) is 0 Å². The molecule has 1 atom stereocenters. The van der Waals surface area contributed by atoms with Gasteiger partial charge >= 0.3 is 11.9 Å². The lowest BCUT2D eigenvalue weighted by Crippen LogP contribution is -2.30. The molecule has 2 rings (SSSR count). The van der Waals surface area contributed by atoms with Gasteiger partial charge in [-0.15, -0.1) is 0 Å². The highest BCUT2D eigenvalue weighted by Crippen LogP contribution is 2.08. The number of aliphatic hydroxyl groups excluding tert-OH is 1. The number of methoxy groups -OCH3 is 1. The first-order valence-corrected chi connectivity index (χ1v) is 9.83. The molecule has 0 aromatic carbocycles. The van der Waals surface area contributed by atoms with Crippen LogP contribution in [-0.2, 0) is 44.7 Å². The van der Waals surface area contributed by atoms with Gasteiger partial charge in [0.15, 0.2) is 11.2 Å². The van der Waals surface area contributed by atoms with Crippen molar-refractivity contribution in [1.29, 1.82) is 0 Å². The summed E-state index contributed by atoms with van der Waals surface area (Å²) in [5.41, 5.74) is 5.28. The molecule has 184 valence electrons. The molecule has 15 heteroatoms. The quantitative estimate of drug-likeness (QED) is 0.175. The van der Waals surface area contributed by atoms with E-state index in [1.807, 2.05) is 0 Å². The largest absolute Gasteiger partial charge is 0.461 e. The standard InChI is InChI=1S/C18H27N5O10/c1-28-2-3-29-4-5-30-9-14(26)32-8-12(7-31-13(25)6-24)33-11-23-10-20-15-16(23)21-18(19)22-17(15)27/h10,12,24H,2-9,11H2,1H3,(H3,19,21,22,27). The number of H-pyrrole nitrogens is 1. The van der Waals surface area contributed by atoms with E-state index in [9.17, 15) is 14.4 Å². The molecule has 0 aliphatic rings. The van der Waals surface area contributed by atoms with Crippen molar-refractivity contribution in [3.8, 4) is 0 Å². The molecule has 0 fully saturated rings. The Morgan fingerprint density at radius 3 is 2.58 bits per heavy atom. The fraction of sp³-hybridized carbons (Fsp3) is 0.611. The van der Waals surface area contributed by atoms with Crippen LogP contribution in [0, 0.1) is 0 Å². The van der Waals surface area contributed by atoms with Gasteiger partial charge < -0.3 is 39.3 Å². The van der Waals surface area contributed by atoms with E-state index >= 15 is 0 Å². The van der Waals surface area contributed by atoms with Gasteiger partial charge in [-0.25, -0.2) is 14.6 Å². The first kappa shape index (κ1) is 26.1. The number of ether oxygens (including phenoxy) is 6. The van der Waals surface area contributed by atoms with E-state index in [4.69, 9.17) is 39.3 Å². The Labute approximate surface area is 187 Å². The first-order chi connectivity index (χ1) is 15.9. The topological polar surface area (TPSA) is 199 Å². The number of carbonyl (C=O) groups excluding carboxylic acids is 2. The highest BCUT2D eigenvalue weighted by molar-refractivity contribution is 5.71. The van der Waals surface area contributed by atoms with Crippen LogP contribution in [0.3, 0.4) is 0 Å². The third kappa shape index (κ3) is 9.11. The molecule has 0 aliphatic heterocycles. The van der Waals surface area contributed by atoms with Crippen LogP contribution in [0.15, 0.2) is 11.1 Å². The van der Waals surface area contributed by atoms with Crippen molar-refractivity contribution >= 4 is 29.1 Å². The maximum atomic E-state index is 11.9. The van der Waals surface area contributed by atoms with Crippen molar-refractivity contribution in [2.24, 2.45) is 0 Å². The summed E-state index contributed by atoms with van der Waals surface area (Å²) >= 11 is 0. The molecule has 15 nitrogen and oxygen atoms in total. The number of anilines is 1. The number of aromatic nitrogens is 4. The predicted molar refractivity (Wildman–Crippen MR) is 110 cm³/mol. The normalized spacial score (nSPS) is 12.1. The number of aromatic amines is 1. The van der Waals surface area contributed by atoms with Crippen molar-refractivity contribution in [2.45, 2.75) is 12.8 Å². The zero-order valence-electron chi connectivity index (χ0n) is 18.1. The van der Waals surface area contributed by atoms with Crippen LogP contribution in [0.4, 0.5) is 5.95 Å². The van der Waals surface area contributed by atoms with Gasteiger partial charge in [0.05, 0.1) is 32.8 Å². The minimum atomic E-state index is -0.890. The van der Waals surface area contributed by atoms with Crippen molar-refractivity contribution in [1.82, 2.24) is 19.5 Å². The lowest BCUT2D eigenvalue weighted by atomic mass is 10.4. The number of rotatable bonds is 16. The number of nitrogen functional groups attached to an aromatic ring is 1. The summed E-state index contributed by atoms with van der Waals surface area (Å²) in [6.07, 6.45) is 0.427. The van der Waals surface area contributed by atoms with Crippen LogP contribution in [0.1, 0.15) is 0 Å². The number of esters is 2. The van der Waals surface area contributed by atoms with Crippen LogP contribution in [0.2, 0.25) is 0 Å². The molecule has 0 amide bonds. The average Bonchev–Trinajstić information content (AvgIpc) is 3.20. The molecule has 0 spiro atoms. The van der Waals surface area contributed by atoms with Gasteiger partial charge in [0.25, 0.3) is 5.56 Å². The smallest absolute Gasteiger partial charge is 0.332 e. The molecule has 0 radical (unpaired) electrons. The molecule has 1 unspecified atom stereocenters. The maximum absolute atomic E-state index is 11.9. The monoisotopic (exact) mass is 473 g/mol. The highest BCUT2D eigenvalue weighted by Gasteiger charge is 2.17. The second kappa shape index (κ2) is 14.1. The van der Waals surface area contributed by atoms with E-state index in [0.29, 0.717) is 19.8 Å². The minimum Gasteiger partial charge on any atom is -0.461 e. The molecular formula is C18H27N5O10. The molecule has 0 saturated heterocycles. The van der Waals surface area contributed by atoms with Crippen LogP contribution in [0.5, 0.6) is 0 Å². The molecule has 33 heavy (non-hydrogen) atoms. The predicted octanol–water partition coefficient (Wildman–Crippen LogP) is -2.20. The van der Waals surface area contributed by atoms with E-state index in [1.54, 1.807) is 7.11 Å². The van der Waals surface area contributed by atoms with Gasteiger partial charge in [0, 0.05) is 7.11 Å². The lowest BCUT2D eigenvalue weighted by Gasteiger charge is -2.18. The van der Waals surface area contributed by atoms with Crippen LogP contribution >= 0.6 is 0 Å². The number of hydrogen-bond acceptors (Lipinski definition) is 13. The molecule has 2 heterocycles. The number of aliphatic hydroxyl groups is 1. The first-order valence-electron chi connectivity index (χ1n) is 9.83. The molecular weight excluding hydrogens is 446 g/mol. The molecule has 0 aliphatic carbocycles. The fourth-order valence-electron chi connectivity index (χ4n) is 2.37. The number of nitrogens with two attached hydrogens (primary N) is 1. The molecule has 0 bridgehead atoms. The second-order valence-electron chi connectivity index (χ2n) is 6.44. The van der Waals surface area contributed by atoms with Gasteiger partial charge in [0.2, 0.25) is 5.95 Å². The van der Waals surface area contributed by atoms with Crippen LogP contribution in [0.25, 0.3) is 11.2 Å². The summed E-state index contributed by atoms with van der Waals surface area (Å²) in [7, 11) is 1.56. The van der Waals surface area contributed by atoms with Gasteiger partial charge in [-0.3, -0.25) is 14.3 Å². The summed E-state index contributed by atoms with van der Waals surface area (Å²) in [4.78, 5) is 45.3. The molecule has 2 aromatic heterocycles. The van der Waals surface area contributed by atoms with E-state index in [-0.39, 0.29) is 50.3 Å². The molecule has 4 N–H and O–H groups in total. The number of imidazole rings is 1. The van der Waals surface area contributed by atoms with E-state index in [2.05, 4.69) is 15.0 Å². The van der Waals surface area contributed by atoms with Crippen LogP contribution < -0.4 is 11.3 Å². The van der Waals surface area contributed by atoms with E-state index in [0.717, 1.165) is 0 Å². The van der Waals surface area contributed by atoms with Crippen LogP contribution in [-0.4, -0.2) is 103 Å². The van der Waals surface area contributed by atoms with Crippen molar-refractivity contribution in [3.05, 3.63) is 16.7 Å². The summed E-state index contributed by atoms with van der Waals surface area (Å²) < 4.78 is 32.1. The summed E-state index contributed by atoms with van der Waals surface area (Å²) in [5.74, 6) is -1.63. The Morgan fingerprint density at radius 2 is 1.85 bits per heavy atom. The Bertz CT molecular complexity index is 946. The van der Waals surface area contributed by atoms with Gasteiger partial charge in [0.1, 0.15) is 39.3 Å². The molecule has 2 aromatic rings. The number of hydrogen-bond donors (Lipinski definition) is 3. The summed E-state index contributed by atoms with van der Waals surface area (Å²) in [6, 6.07) is 0. The van der Waals surface area contributed by atoms with Crippen molar-refractivity contribution < 1.29 is 43.1 Å². The zero-order valence-corrected chi connectivity index (χ0v) is 18.1. The number of carbonyl (C=O) groups is 2. The van der Waals surface area contributed by atoms with E-state index < -0.39 is 30.2 Å². The third-order valence-corrected chi connectivity index (χ3v) is 3.96.